The molecule has 150 valence electrons. The first-order valence-electron chi connectivity index (χ1n) is 9.66. The number of hydrogen-bond donors (Lipinski definition) is 0. The summed E-state index contributed by atoms with van der Waals surface area (Å²) < 4.78 is 10.2. The lowest BCUT2D eigenvalue weighted by Crippen LogP contribution is -2.00. The molecule has 0 bridgehead atoms. The minimum absolute atomic E-state index is 0.649. The first-order chi connectivity index (χ1) is 14.6. The highest BCUT2D eigenvalue weighted by atomic mass is 79.9. The molecule has 0 atom stereocenters. The molecule has 0 aliphatic carbocycles. The van der Waals surface area contributed by atoms with Gasteiger partial charge in [-0.1, -0.05) is 24.3 Å². The zero-order chi connectivity index (χ0) is 20.8. The minimum atomic E-state index is 0.649. The third-order valence-corrected chi connectivity index (χ3v) is 6.16. The standard InChI is InChI=1S/C23H20BrN5O/c1-14-15(2)29(19-7-5-4-6-18(19)24)22-21(14)23-26-20(27-28(23)13-25-22)12-16-8-10-17(30-3)11-9-16/h4-11,13H,12H2,1-3H3. The van der Waals surface area contributed by atoms with Crippen molar-refractivity contribution in [3.05, 3.63) is 82.0 Å². The van der Waals surface area contributed by atoms with Crippen LogP contribution in [0.2, 0.25) is 0 Å². The summed E-state index contributed by atoms with van der Waals surface area (Å²) >= 11 is 3.67. The summed E-state index contributed by atoms with van der Waals surface area (Å²) in [5.74, 6) is 1.60. The topological polar surface area (TPSA) is 57.2 Å². The van der Waals surface area contributed by atoms with Gasteiger partial charge in [0.1, 0.15) is 12.1 Å². The van der Waals surface area contributed by atoms with Gasteiger partial charge < -0.3 is 4.74 Å². The first-order valence-corrected chi connectivity index (χ1v) is 10.5. The van der Waals surface area contributed by atoms with E-state index in [-0.39, 0.29) is 0 Å². The van der Waals surface area contributed by atoms with Crippen LogP contribution < -0.4 is 4.74 Å². The van der Waals surface area contributed by atoms with E-state index in [0.717, 1.165) is 55.2 Å². The summed E-state index contributed by atoms with van der Waals surface area (Å²) in [6.45, 7) is 4.23. The van der Waals surface area contributed by atoms with Crippen LogP contribution in [0.15, 0.2) is 59.3 Å². The SMILES string of the molecule is COc1ccc(Cc2nc3c4c(C)c(C)n(-c5ccccc5Br)c4ncn3n2)cc1. The monoisotopic (exact) mass is 461 g/mol. The Bertz CT molecular complexity index is 1380. The molecule has 5 aromatic rings. The van der Waals surface area contributed by atoms with Crippen molar-refractivity contribution in [1.82, 2.24) is 24.1 Å². The molecule has 0 unspecified atom stereocenters. The Kier molecular flexibility index (Phi) is 4.55. The zero-order valence-corrected chi connectivity index (χ0v) is 18.5. The second-order valence-electron chi connectivity index (χ2n) is 7.26. The van der Waals surface area contributed by atoms with Gasteiger partial charge in [0.25, 0.3) is 0 Å². The maximum absolute atomic E-state index is 5.24. The average Bonchev–Trinajstić information content (AvgIpc) is 3.27. The van der Waals surface area contributed by atoms with Gasteiger partial charge in [-0.05, 0) is 65.2 Å². The predicted octanol–water partition coefficient (Wildman–Crippen LogP) is 5.05. The van der Waals surface area contributed by atoms with Crippen molar-refractivity contribution in [2.45, 2.75) is 20.3 Å². The molecule has 0 radical (unpaired) electrons. The van der Waals surface area contributed by atoms with Crippen LogP contribution in [0.4, 0.5) is 0 Å². The lowest BCUT2D eigenvalue weighted by molar-refractivity contribution is 0.414. The van der Waals surface area contributed by atoms with Gasteiger partial charge in [0.15, 0.2) is 17.1 Å². The maximum Gasteiger partial charge on any atom is 0.168 e. The molecule has 0 saturated carbocycles. The van der Waals surface area contributed by atoms with Crippen molar-refractivity contribution in [1.29, 1.82) is 0 Å². The lowest BCUT2D eigenvalue weighted by atomic mass is 10.1. The first kappa shape index (κ1) is 18.8. The highest BCUT2D eigenvalue weighted by Crippen LogP contribution is 2.32. The Morgan fingerprint density at radius 2 is 1.77 bits per heavy atom. The molecule has 7 heteroatoms. The van der Waals surface area contributed by atoms with Crippen LogP contribution in [0.3, 0.4) is 0 Å². The molecule has 0 aliphatic rings. The molecule has 0 saturated heterocycles. The fourth-order valence-corrected chi connectivity index (χ4v) is 4.30. The number of aryl methyl sites for hydroxylation is 1. The smallest absolute Gasteiger partial charge is 0.168 e. The molecule has 6 nitrogen and oxygen atoms in total. The van der Waals surface area contributed by atoms with E-state index in [1.807, 2.05) is 42.5 Å². The van der Waals surface area contributed by atoms with Crippen LogP contribution in [0.5, 0.6) is 5.75 Å². The lowest BCUT2D eigenvalue weighted by Gasteiger charge is -2.09. The van der Waals surface area contributed by atoms with Crippen molar-refractivity contribution in [3.63, 3.8) is 0 Å². The summed E-state index contributed by atoms with van der Waals surface area (Å²) in [5.41, 5.74) is 6.19. The summed E-state index contributed by atoms with van der Waals surface area (Å²) in [5, 5.41) is 5.69. The number of methoxy groups -OCH3 is 1. The molecule has 0 fully saturated rings. The van der Waals surface area contributed by atoms with E-state index >= 15 is 0 Å². The Morgan fingerprint density at radius 1 is 1.00 bits per heavy atom. The number of ether oxygens (including phenoxy) is 1. The number of para-hydroxylation sites is 1. The van der Waals surface area contributed by atoms with E-state index in [2.05, 4.69) is 45.5 Å². The van der Waals surface area contributed by atoms with E-state index in [4.69, 9.17) is 14.7 Å². The molecular formula is C23H20BrN5O. The van der Waals surface area contributed by atoms with Gasteiger partial charge in [-0.25, -0.2) is 14.5 Å². The van der Waals surface area contributed by atoms with Gasteiger partial charge >= 0.3 is 0 Å². The summed E-state index contributed by atoms with van der Waals surface area (Å²) in [4.78, 5) is 9.60. The third kappa shape index (κ3) is 2.97. The summed E-state index contributed by atoms with van der Waals surface area (Å²) in [6.07, 6.45) is 2.39. The number of fused-ring (bicyclic) bond motifs is 3. The molecule has 5 rings (SSSR count). The van der Waals surface area contributed by atoms with Gasteiger partial charge in [0.05, 0.1) is 18.2 Å². The second kappa shape index (κ2) is 7.25. The predicted molar refractivity (Wildman–Crippen MR) is 121 cm³/mol. The summed E-state index contributed by atoms with van der Waals surface area (Å²) in [7, 11) is 1.67. The van der Waals surface area contributed by atoms with Crippen molar-refractivity contribution < 1.29 is 4.74 Å². The molecular weight excluding hydrogens is 442 g/mol. The maximum atomic E-state index is 5.24. The number of benzene rings is 2. The van der Waals surface area contributed by atoms with Gasteiger partial charge in [0.2, 0.25) is 0 Å². The van der Waals surface area contributed by atoms with Gasteiger partial charge in [0, 0.05) is 16.6 Å². The van der Waals surface area contributed by atoms with E-state index in [9.17, 15) is 0 Å². The highest BCUT2D eigenvalue weighted by molar-refractivity contribution is 9.10. The molecule has 0 N–H and O–H groups in total. The largest absolute Gasteiger partial charge is 0.497 e. The second-order valence-corrected chi connectivity index (χ2v) is 8.12. The van der Waals surface area contributed by atoms with Crippen molar-refractivity contribution in [3.8, 4) is 11.4 Å². The quantitative estimate of drug-likeness (QED) is 0.375. The molecule has 3 heterocycles. The van der Waals surface area contributed by atoms with E-state index in [0.29, 0.717) is 6.42 Å². The molecule has 0 spiro atoms. The normalized spacial score (nSPS) is 11.5. The molecule has 3 aromatic heterocycles. The van der Waals surface area contributed by atoms with E-state index in [1.165, 1.54) is 0 Å². The van der Waals surface area contributed by atoms with Gasteiger partial charge in [-0.2, -0.15) is 0 Å². The van der Waals surface area contributed by atoms with Crippen LogP contribution in [-0.2, 0) is 6.42 Å². The minimum Gasteiger partial charge on any atom is -0.497 e. The van der Waals surface area contributed by atoms with Crippen molar-refractivity contribution >= 4 is 32.6 Å². The summed E-state index contributed by atoms with van der Waals surface area (Å²) in [6, 6.07) is 16.2. The molecule has 0 amide bonds. The fourth-order valence-electron chi connectivity index (χ4n) is 3.83. The van der Waals surface area contributed by atoms with Crippen LogP contribution in [0.1, 0.15) is 22.6 Å². The molecule has 30 heavy (non-hydrogen) atoms. The zero-order valence-electron chi connectivity index (χ0n) is 16.9. The Balaban J connectivity index is 1.65. The Hall–Kier alpha value is -3.19. The Morgan fingerprint density at radius 3 is 2.50 bits per heavy atom. The van der Waals surface area contributed by atoms with E-state index < -0.39 is 0 Å². The van der Waals surface area contributed by atoms with Crippen molar-refractivity contribution in [2.75, 3.05) is 7.11 Å². The van der Waals surface area contributed by atoms with E-state index in [1.54, 1.807) is 18.0 Å². The average molecular weight is 462 g/mol. The molecule has 2 aromatic carbocycles. The van der Waals surface area contributed by atoms with Gasteiger partial charge in [-0.3, -0.25) is 4.57 Å². The highest BCUT2D eigenvalue weighted by Gasteiger charge is 2.19. The number of hydrogen-bond acceptors (Lipinski definition) is 4. The third-order valence-electron chi connectivity index (χ3n) is 5.49. The van der Waals surface area contributed by atoms with Crippen LogP contribution >= 0.6 is 15.9 Å². The van der Waals surface area contributed by atoms with Crippen LogP contribution in [0, 0.1) is 13.8 Å². The Labute approximate surface area is 182 Å². The van der Waals surface area contributed by atoms with Crippen LogP contribution in [-0.4, -0.2) is 31.3 Å². The fraction of sp³-hybridized carbons (Fsp3) is 0.174. The number of aromatic nitrogens is 5. The number of rotatable bonds is 4. The molecule has 0 aliphatic heterocycles. The van der Waals surface area contributed by atoms with Crippen LogP contribution in [0.25, 0.3) is 22.4 Å². The van der Waals surface area contributed by atoms with Gasteiger partial charge in [-0.15, -0.1) is 5.10 Å². The van der Waals surface area contributed by atoms with Crippen molar-refractivity contribution in [2.24, 2.45) is 0 Å². The number of halogens is 1. The number of nitrogens with zero attached hydrogens (tertiary/aromatic N) is 5.